The highest BCUT2D eigenvalue weighted by Crippen LogP contribution is 2.29. The molecule has 0 aliphatic heterocycles. The molecule has 11 heteroatoms. The Labute approximate surface area is 174 Å². The topological polar surface area (TPSA) is 94.1 Å². The third-order valence-corrected chi connectivity index (χ3v) is 5.72. The van der Waals surface area contributed by atoms with Gasteiger partial charge in [0.15, 0.2) is 11.2 Å². The molecule has 0 radical (unpaired) electrons. The van der Waals surface area contributed by atoms with Gasteiger partial charge >= 0.3 is 11.9 Å². The van der Waals surface area contributed by atoms with Crippen LogP contribution in [0.3, 0.4) is 0 Å². The monoisotopic (exact) mass is 437 g/mol. The van der Waals surface area contributed by atoms with Gasteiger partial charge in [-0.05, 0) is 37.0 Å². The van der Waals surface area contributed by atoms with E-state index >= 15 is 0 Å². The van der Waals surface area contributed by atoms with Crippen LogP contribution >= 0.6 is 0 Å². The standard InChI is InChI=1S/C20H22F3N5O3/c1-26-15-16(25-18(26)24-13-7-8-14(29)9-13)27(2)19(31)28(17(15)30)10-11-3-5-12(6-4-11)20(21,22)23/h3-6,13-14,29H,7-10H2,1-2H3,(H,24,25)/t13-,14+/m1/s1. The summed E-state index contributed by atoms with van der Waals surface area (Å²) in [5.74, 6) is 0.411. The van der Waals surface area contributed by atoms with Crippen LogP contribution in [0.15, 0.2) is 33.9 Å². The number of aliphatic hydroxyl groups is 1. The van der Waals surface area contributed by atoms with E-state index in [1.54, 1.807) is 11.6 Å². The van der Waals surface area contributed by atoms with Crippen molar-refractivity contribution in [3.05, 3.63) is 56.2 Å². The van der Waals surface area contributed by atoms with Gasteiger partial charge in [-0.15, -0.1) is 0 Å². The maximum atomic E-state index is 13.1. The van der Waals surface area contributed by atoms with Crippen LogP contribution in [0.1, 0.15) is 30.4 Å². The molecule has 0 saturated heterocycles. The Kier molecular flexibility index (Phi) is 5.16. The summed E-state index contributed by atoms with van der Waals surface area (Å²) in [4.78, 5) is 30.3. The summed E-state index contributed by atoms with van der Waals surface area (Å²) in [6.07, 6.45) is -2.82. The van der Waals surface area contributed by atoms with Crippen molar-refractivity contribution in [3.63, 3.8) is 0 Å². The molecule has 3 aromatic rings. The minimum atomic E-state index is -4.46. The smallest absolute Gasteiger partial charge is 0.393 e. The van der Waals surface area contributed by atoms with E-state index in [4.69, 9.17) is 0 Å². The molecule has 2 aromatic heterocycles. The molecule has 2 heterocycles. The van der Waals surface area contributed by atoms with E-state index < -0.39 is 23.0 Å². The highest BCUT2D eigenvalue weighted by Gasteiger charge is 2.30. The van der Waals surface area contributed by atoms with E-state index in [0.29, 0.717) is 24.4 Å². The SMILES string of the molecule is Cn1c(N[C@@H]2CC[C@H](O)C2)nc2c1c(=O)n(Cc1ccc(C(F)(F)F)cc1)c(=O)n2C. The minimum absolute atomic E-state index is 0.0110. The summed E-state index contributed by atoms with van der Waals surface area (Å²) in [7, 11) is 3.14. The summed E-state index contributed by atoms with van der Waals surface area (Å²) in [5, 5.41) is 12.9. The summed E-state index contributed by atoms with van der Waals surface area (Å²) in [6.45, 7) is -0.164. The van der Waals surface area contributed by atoms with Crippen molar-refractivity contribution < 1.29 is 18.3 Å². The molecule has 0 unspecified atom stereocenters. The number of hydrogen-bond donors (Lipinski definition) is 2. The summed E-state index contributed by atoms with van der Waals surface area (Å²) in [6, 6.07) is 4.36. The predicted molar refractivity (Wildman–Crippen MR) is 108 cm³/mol. The van der Waals surface area contributed by atoms with Crippen LogP contribution in [-0.4, -0.2) is 35.9 Å². The zero-order valence-electron chi connectivity index (χ0n) is 17.0. The first kappa shape index (κ1) is 21.2. The van der Waals surface area contributed by atoms with Gasteiger partial charge < -0.3 is 15.0 Å². The molecular weight excluding hydrogens is 415 g/mol. The number of nitrogens with one attached hydrogen (secondary N) is 1. The molecule has 1 fully saturated rings. The Morgan fingerprint density at radius 3 is 2.39 bits per heavy atom. The van der Waals surface area contributed by atoms with Crippen LogP contribution in [0.5, 0.6) is 0 Å². The number of aliphatic hydroxyl groups excluding tert-OH is 1. The van der Waals surface area contributed by atoms with Gasteiger partial charge in [0.05, 0.1) is 18.2 Å². The Morgan fingerprint density at radius 1 is 1.13 bits per heavy atom. The van der Waals surface area contributed by atoms with Crippen LogP contribution in [-0.2, 0) is 26.8 Å². The van der Waals surface area contributed by atoms with E-state index in [-0.39, 0.29) is 29.9 Å². The number of alkyl halides is 3. The molecule has 1 saturated carbocycles. The fraction of sp³-hybridized carbons (Fsp3) is 0.450. The number of hydrogen-bond acceptors (Lipinski definition) is 5. The molecule has 31 heavy (non-hydrogen) atoms. The van der Waals surface area contributed by atoms with Crippen LogP contribution in [0.4, 0.5) is 19.1 Å². The number of fused-ring (bicyclic) bond motifs is 1. The normalized spacial score (nSPS) is 19.3. The van der Waals surface area contributed by atoms with Crippen LogP contribution < -0.4 is 16.6 Å². The zero-order valence-corrected chi connectivity index (χ0v) is 17.0. The Balaban J connectivity index is 1.72. The first-order valence-electron chi connectivity index (χ1n) is 9.83. The van der Waals surface area contributed by atoms with Crippen LogP contribution in [0.2, 0.25) is 0 Å². The first-order valence-corrected chi connectivity index (χ1v) is 9.83. The van der Waals surface area contributed by atoms with Crippen molar-refractivity contribution >= 4 is 17.1 Å². The van der Waals surface area contributed by atoms with Crippen molar-refractivity contribution in [2.75, 3.05) is 5.32 Å². The van der Waals surface area contributed by atoms with Crippen molar-refractivity contribution in [1.82, 2.24) is 18.7 Å². The van der Waals surface area contributed by atoms with Gasteiger partial charge in [0.1, 0.15) is 0 Å². The number of halogens is 3. The van der Waals surface area contributed by atoms with Crippen LogP contribution in [0.25, 0.3) is 11.2 Å². The maximum absolute atomic E-state index is 13.1. The van der Waals surface area contributed by atoms with Gasteiger partial charge in [0, 0.05) is 20.1 Å². The van der Waals surface area contributed by atoms with E-state index in [1.165, 1.54) is 23.7 Å². The van der Waals surface area contributed by atoms with Gasteiger partial charge in [-0.1, -0.05) is 12.1 Å². The van der Waals surface area contributed by atoms with Gasteiger partial charge in [-0.3, -0.25) is 13.9 Å². The number of benzene rings is 1. The minimum Gasteiger partial charge on any atom is -0.393 e. The lowest BCUT2D eigenvalue weighted by atomic mass is 10.1. The average molecular weight is 437 g/mol. The second kappa shape index (κ2) is 7.56. The number of imidazole rings is 1. The van der Waals surface area contributed by atoms with Crippen LogP contribution in [0, 0.1) is 0 Å². The number of anilines is 1. The van der Waals surface area contributed by atoms with Crippen molar-refractivity contribution in [2.45, 2.75) is 44.1 Å². The Hall–Kier alpha value is -3.08. The second-order valence-electron chi connectivity index (χ2n) is 7.90. The summed E-state index contributed by atoms with van der Waals surface area (Å²) in [5.41, 5.74) is -1.18. The zero-order chi connectivity index (χ0) is 22.5. The lowest BCUT2D eigenvalue weighted by molar-refractivity contribution is -0.137. The Bertz CT molecular complexity index is 1240. The molecule has 1 aromatic carbocycles. The molecular formula is C20H22F3N5O3. The van der Waals surface area contributed by atoms with E-state index in [2.05, 4.69) is 10.3 Å². The molecule has 8 nitrogen and oxygen atoms in total. The second-order valence-corrected chi connectivity index (χ2v) is 7.90. The molecule has 0 bridgehead atoms. The molecule has 4 rings (SSSR count). The average Bonchev–Trinajstić information content (AvgIpc) is 3.26. The molecule has 0 amide bonds. The maximum Gasteiger partial charge on any atom is 0.416 e. The molecule has 2 N–H and O–H groups in total. The van der Waals surface area contributed by atoms with E-state index in [0.717, 1.165) is 23.1 Å². The largest absolute Gasteiger partial charge is 0.416 e. The van der Waals surface area contributed by atoms with Gasteiger partial charge in [0.2, 0.25) is 5.95 Å². The molecule has 1 aliphatic rings. The molecule has 166 valence electrons. The van der Waals surface area contributed by atoms with Gasteiger partial charge in [-0.2, -0.15) is 18.2 Å². The van der Waals surface area contributed by atoms with Crippen molar-refractivity contribution in [2.24, 2.45) is 14.1 Å². The third kappa shape index (κ3) is 3.85. The van der Waals surface area contributed by atoms with Gasteiger partial charge in [-0.25, -0.2) is 4.79 Å². The Morgan fingerprint density at radius 2 is 1.81 bits per heavy atom. The number of rotatable bonds is 4. The predicted octanol–water partition coefficient (Wildman–Crippen LogP) is 1.83. The number of aromatic nitrogens is 4. The fourth-order valence-corrected chi connectivity index (χ4v) is 3.97. The lowest BCUT2D eigenvalue weighted by Gasteiger charge is -2.12. The highest BCUT2D eigenvalue weighted by molar-refractivity contribution is 5.74. The quantitative estimate of drug-likeness (QED) is 0.650. The summed E-state index contributed by atoms with van der Waals surface area (Å²) < 4.78 is 42.1. The van der Waals surface area contributed by atoms with E-state index in [9.17, 15) is 27.9 Å². The molecule has 1 aliphatic carbocycles. The van der Waals surface area contributed by atoms with Crippen molar-refractivity contribution in [3.8, 4) is 0 Å². The fourth-order valence-electron chi connectivity index (χ4n) is 3.97. The highest BCUT2D eigenvalue weighted by atomic mass is 19.4. The molecule has 2 atom stereocenters. The third-order valence-electron chi connectivity index (χ3n) is 5.72. The number of nitrogens with zero attached hydrogens (tertiary/aromatic N) is 4. The number of aryl methyl sites for hydroxylation is 2. The molecule has 0 spiro atoms. The van der Waals surface area contributed by atoms with Gasteiger partial charge in [0.25, 0.3) is 5.56 Å². The lowest BCUT2D eigenvalue weighted by Crippen LogP contribution is -2.39. The first-order chi connectivity index (χ1) is 14.6. The van der Waals surface area contributed by atoms with E-state index in [1.807, 2.05) is 0 Å². The van der Waals surface area contributed by atoms with Crippen molar-refractivity contribution in [1.29, 1.82) is 0 Å². The summed E-state index contributed by atoms with van der Waals surface area (Å²) >= 11 is 0.